The summed E-state index contributed by atoms with van der Waals surface area (Å²) in [6.07, 6.45) is 0. The molecular weight excluding hydrogens is 242 g/mol. The van der Waals surface area contributed by atoms with Crippen LogP contribution in [0.1, 0.15) is 27.3 Å². The summed E-state index contributed by atoms with van der Waals surface area (Å²) >= 11 is 0. The fourth-order valence-electron chi connectivity index (χ4n) is 1.87. The number of amides is 1. The normalized spacial score (nSPS) is 10.3. The number of carbonyl (C=O) groups is 1. The molecule has 0 aliphatic rings. The van der Waals surface area contributed by atoms with Gasteiger partial charge in [0.2, 0.25) is 0 Å². The molecule has 2 aromatic rings. The summed E-state index contributed by atoms with van der Waals surface area (Å²) in [7, 11) is 1.58. The van der Waals surface area contributed by atoms with Crippen LogP contribution in [0.3, 0.4) is 0 Å². The lowest BCUT2D eigenvalue weighted by atomic mass is 10.1. The third kappa shape index (κ3) is 2.93. The number of rotatable bonds is 4. The van der Waals surface area contributed by atoms with Crippen LogP contribution in [0.25, 0.3) is 0 Å². The Hall–Kier alpha value is -2.30. The molecule has 0 atom stereocenters. The maximum Gasteiger partial charge on any atom is 0.251 e. The maximum atomic E-state index is 12.0. The number of aromatic nitrogens is 2. The van der Waals surface area contributed by atoms with Gasteiger partial charge in [-0.3, -0.25) is 9.89 Å². The van der Waals surface area contributed by atoms with Crippen LogP contribution in [0.15, 0.2) is 24.3 Å². The van der Waals surface area contributed by atoms with Gasteiger partial charge in [0.05, 0.1) is 12.8 Å². The Kier molecular flexibility index (Phi) is 3.85. The first-order valence-electron chi connectivity index (χ1n) is 6.04. The molecule has 5 nitrogen and oxygen atoms in total. The van der Waals surface area contributed by atoms with Gasteiger partial charge in [-0.05, 0) is 32.0 Å². The lowest BCUT2D eigenvalue weighted by Gasteiger charge is -2.07. The third-order valence-electron chi connectivity index (χ3n) is 3.04. The zero-order valence-electron chi connectivity index (χ0n) is 11.3. The first kappa shape index (κ1) is 13.1. The monoisotopic (exact) mass is 259 g/mol. The maximum absolute atomic E-state index is 12.0. The van der Waals surface area contributed by atoms with Crippen molar-refractivity contribution in [3.05, 3.63) is 46.8 Å². The van der Waals surface area contributed by atoms with E-state index in [1.54, 1.807) is 31.4 Å². The minimum absolute atomic E-state index is 0.126. The molecule has 0 radical (unpaired) electrons. The molecule has 1 aromatic heterocycles. The van der Waals surface area contributed by atoms with Crippen molar-refractivity contribution in [2.24, 2.45) is 0 Å². The molecule has 0 aliphatic carbocycles. The second-order valence-electron chi connectivity index (χ2n) is 4.33. The number of nitrogens with one attached hydrogen (secondary N) is 2. The van der Waals surface area contributed by atoms with E-state index in [9.17, 15) is 4.79 Å². The zero-order chi connectivity index (χ0) is 13.8. The van der Waals surface area contributed by atoms with Gasteiger partial charge in [-0.25, -0.2) is 0 Å². The van der Waals surface area contributed by atoms with Crippen LogP contribution in [-0.4, -0.2) is 23.2 Å². The first-order chi connectivity index (χ1) is 9.11. The van der Waals surface area contributed by atoms with Crippen LogP contribution in [0.4, 0.5) is 0 Å². The summed E-state index contributed by atoms with van der Waals surface area (Å²) in [5.41, 5.74) is 3.49. The number of aromatic amines is 1. The molecular formula is C14H17N3O2. The van der Waals surface area contributed by atoms with Crippen molar-refractivity contribution in [3.8, 4) is 5.75 Å². The third-order valence-corrected chi connectivity index (χ3v) is 3.04. The quantitative estimate of drug-likeness (QED) is 0.882. The van der Waals surface area contributed by atoms with Crippen molar-refractivity contribution in [2.45, 2.75) is 20.4 Å². The van der Waals surface area contributed by atoms with E-state index in [4.69, 9.17) is 4.74 Å². The molecule has 0 aliphatic heterocycles. The van der Waals surface area contributed by atoms with Crippen molar-refractivity contribution in [1.29, 1.82) is 0 Å². The van der Waals surface area contributed by atoms with Gasteiger partial charge >= 0.3 is 0 Å². The number of benzene rings is 1. The van der Waals surface area contributed by atoms with Crippen LogP contribution >= 0.6 is 0 Å². The number of ether oxygens (including phenoxy) is 1. The van der Waals surface area contributed by atoms with E-state index in [-0.39, 0.29) is 5.91 Å². The van der Waals surface area contributed by atoms with Crippen LogP contribution < -0.4 is 10.1 Å². The number of hydrogen-bond donors (Lipinski definition) is 2. The molecule has 0 spiro atoms. The highest BCUT2D eigenvalue weighted by Crippen LogP contribution is 2.13. The predicted molar refractivity (Wildman–Crippen MR) is 72.2 cm³/mol. The van der Waals surface area contributed by atoms with E-state index in [2.05, 4.69) is 15.5 Å². The molecule has 19 heavy (non-hydrogen) atoms. The highest BCUT2D eigenvalue weighted by Gasteiger charge is 2.10. The van der Waals surface area contributed by atoms with Gasteiger partial charge in [-0.2, -0.15) is 5.10 Å². The van der Waals surface area contributed by atoms with Crippen molar-refractivity contribution >= 4 is 5.91 Å². The van der Waals surface area contributed by atoms with Gasteiger partial charge in [-0.1, -0.05) is 6.07 Å². The molecule has 0 fully saturated rings. The first-order valence-corrected chi connectivity index (χ1v) is 6.04. The standard InChI is InChI=1S/C14H17N3O2/c1-9-13(10(2)17-16-9)8-15-14(18)11-5-4-6-12(7-11)19-3/h4-7H,8H2,1-3H3,(H,15,18)(H,16,17). The fraction of sp³-hybridized carbons (Fsp3) is 0.286. The summed E-state index contributed by atoms with van der Waals surface area (Å²) in [6, 6.07) is 7.07. The Balaban J connectivity index is 2.05. The average molecular weight is 259 g/mol. The molecule has 2 rings (SSSR count). The molecule has 100 valence electrons. The highest BCUT2D eigenvalue weighted by molar-refractivity contribution is 5.94. The molecule has 0 unspecified atom stereocenters. The summed E-state index contributed by atoms with van der Waals surface area (Å²) in [4.78, 5) is 12.0. The van der Waals surface area contributed by atoms with E-state index in [0.717, 1.165) is 17.0 Å². The van der Waals surface area contributed by atoms with Gasteiger partial charge in [0.1, 0.15) is 5.75 Å². The molecule has 0 saturated heterocycles. The molecule has 1 amide bonds. The summed E-state index contributed by atoms with van der Waals surface area (Å²) in [6.45, 7) is 4.31. The van der Waals surface area contributed by atoms with Gasteiger partial charge < -0.3 is 10.1 Å². The number of methoxy groups -OCH3 is 1. The zero-order valence-corrected chi connectivity index (χ0v) is 11.3. The topological polar surface area (TPSA) is 67.0 Å². The smallest absolute Gasteiger partial charge is 0.251 e. The van der Waals surface area contributed by atoms with Crippen LogP contribution in [0.5, 0.6) is 5.75 Å². The van der Waals surface area contributed by atoms with Gasteiger partial charge in [0.25, 0.3) is 5.91 Å². The molecule has 1 heterocycles. The Morgan fingerprint density at radius 3 is 2.84 bits per heavy atom. The minimum Gasteiger partial charge on any atom is -0.497 e. The molecule has 1 aromatic carbocycles. The Morgan fingerprint density at radius 2 is 2.21 bits per heavy atom. The average Bonchev–Trinajstić information content (AvgIpc) is 2.75. The van der Waals surface area contributed by atoms with Gasteiger partial charge in [0.15, 0.2) is 0 Å². The predicted octanol–water partition coefficient (Wildman–Crippen LogP) is 1.97. The number of carbonyl (C=O) groups excluding carboxylic acids is 1. The molecule has 0 saturated carbocycles. The van der Waals surface area contributed by atoms with E-state index in [0.29, 0.717) is 17.9 Å². The second-order valence-corrected chi connectivity index (χ2v) is 4.33. The SMILES string of the molecule is COc1cccc(C(=O)NCc2c(C)n[nH]c2C)c1. The summed E-state index contributed by atoms with van der Waals surface area (Å²) in [5.74, 6) is 0.544. The lowest BCUT2D eigenvalue weighted by molar-refractivity contribution is 0.0950. The van der Waals surface area contributed by atoms with E-state index < -0.39 is 0 Å². The number of nitrogens with zero attached hydrogens (tertiary/aromatic N) is 1. The lowest BCUT2D eigenvalue weighted by Crippen LogP contribution is -2.23. The van der Waals surface area contributed by atoms with Crippen LogP contribution in [0, 0.1) is 13.8 Å². The van der Waals surface area contributed by atoms with Crippen LogP contribution in [0.2, 0.25) is 0 Å². The Labute approximate surface area is 112 Å². The molecule has 0 bridgehead atoms. The number of hydrogen-bond acceptors (Lipinski definition) is 3. The highest BCUT2D eigenvalue weighted by atomic mass is 16.5. The van der Waals surface area contributed by atoms with Gasteiger partial charge in [-0.15, -0.1) is 0 Å². The van der Waals surface area contributed by atoms with E-state index in [1.807, 2.05) is 13.8 Å². The van der Waals surface area contributed by atoms with E-state index >= 15 is 0 Å². The van der Waals surface area contributed by atoms with Crippen molar-refractivity contribution in [2.75, 3.05) is 7.11 Å². The van der Waals surface area contributed by atoms with Crippen molar-refractivity contribution < 1.29 is 9.53 Å². The second kappa shape index (κ2) is 5.56. The summed E-state index contributed by atoms with van der Waals surface area (Å²) in [5, 5.41) is 9.88. The van der Waals surface area contributed by atoms with Crippen molar-refractivity contribution in [3.63, 3.8) is 0 Å². The van der Waals surface area contributed by atoms with Gasteiger partial charge in [0, 0.05) is 23.4 Å². The largest absolute Gasteiger partial charge is 0.497 e. The minimum atomic E-state index is -0.126. The summed E-state index contributed by atoms with van der Waals surface area (Å²) < 4.78 is 5.10. The molecule has 5 heteroatoms. The van der Waals surface area contributed by atoms with E-state index in [1.165, 1.54) is 0 Å². The number of aryl methyl sites for hydroxylation is 2. The Morgan fingerprint density at radius 1 is 1.42 bits per heavy atom. The van der Waals surface area contributed by atoms with Crippen molar-refractivity contribution in [1.82, 2.24) is 15.5 Å². The Bertz CT molecular complexity index is 571. The number of H-pyrrole nitrogens is 1. The van der Waals surface area contributed by atoms with Crippen LogP contribution in [-0.2, 0) is 6.54 Å². The molecule has 2 N–H and O–H groups in total. The fourth-order valence-corrected chi connectivity index (χ4v) is 1.87.